The van der Waals surface area contributed by atoms with E-state index in [4.69, 9.17) is 0 Å². The van der Waals surface area contributed by atoms with Gasteiger partial charge in [-0.2, -0.15) is 0 Å². The van der Waals surface area contributed by atoms with Crippen molar-refractivity contribution in [2.45, 2.75) is 32.4 Å². The predicted octanol–water partition coefficient (Wildman–Crippen LogP) is 2.48. The molecule has 1 aliphatic heterocycles. The van der Waals surface area contributed by atoms with Crippen molar-refractivity contribution >= 4 is 5.69 Å². The van der Waals surface area contributed by atoms with Crippen molar-refractivity contribution in [1.82, 2.24) is 0 Å². The summed E-state index contributed by atoms with van der Waals surface area (Å²) in [4.78, 5) is 0. The van der Waals surface area contributed by atoms with Gasteiger partial charge in [-0.1, -0.05) is 32.9 Å². The molecule has 1 unspecified atom stereocenters. The van der Waals surface area contributed by atoms with Crippen molar-refractivity contribution in [3.63, 3.8) is 0 Å². The van der Waals surface area contributed by atoms with Gasteiger partial charge in [-0.05, 0) is 17.5 Å². The summed E-state index contributed by atoms with van der Waals surface area (Å²) in [5.74, 6) is -0.0565. The van der Waals surface area contributed by atoms with Gasteiger partial charge in [0.1, 0.15) is 12.0 Å². The number of hydrogen-bond acceptors (Lipinski definition) is 2. The number of aliphatic hydroxyl groups is 1. The zero-order chi connectivity index (χ0) is 11.2. The third-order valence-electron chi connectivity index (χ3n) is 3.64. The minimum absolute atomic E-state index is 0.239. The Morgan fingerprint density at radius 3 is 2.73 bits per heavy atom. The molecule has 0 aromatic heterocycles. The summed E-state index contributed by atoms with van der Waals surface area (Å²) >= 11 is 0. The molecule has 0 saturated carbocycles. The summed E-state index contributed by atoms with van der Waals surface area (Å²) in [6.07, 6.45) is -0.718. The molecular formula is C12H16FNO. The molecule has 0 spiro atoms. The molecule has 82 valence electrons. The molecule has 15 heavy (non-hydrogen) atoms. The molecule has 1 aromatic rings. The van der Waals surface area contributed by atoms with Crippen LogP contribution in [0.5, 0.6) is 0 Å². The van der Waals surface area contributed by atoms with Crippen molar-refractivity contribution in [3.05, 3.63) is 29.6 Å². The highest BCUT2D eigenvalue weighted by molar-refractivity contribution is 5.62. The fourth-order valence-electron chi connectivity index (χ4n) is 2.18. The molecule has 0 radical (unpaired) electrons. The fourth-order valence-corrected chi connectivity index (χ4v) is 2.18. The second-order valence-corrected chi connectivity index (χ2v) is 4.65. The zero-order valence-corrected chi connectivity index (χ0v) is 9.21. The molecule has 0 fully saturated rings. The van der Waals surface area contributed by atoms with Crippen LogP contribution in [0.1, 0.15) is 26.3 Å². The topological polar surface area (TPSA) is 32.3 Å². The van der Waals surface area contributed by atoms with E-state index in [1.165, 1.54) is 6.07 Å². The first-order valence-electron chi connectivity index (χ1n) is 5.21. The predicted molar refractivity (Wildman–Crippen MR) is 58.2 cm³/mol. The van der Waals surface area contributed by atoms with E-state index in [0.29, 0.717) is 5.69 Å². The number of hydrogen-bond donors (Lipinski definition) is 2. The van der Waals surface area contributed by atoms with E-state index in [2.05, 4.69) is 5.32 Å². The van der Waals surface area contributed by atoms with Crippen LogP contribution in [0.15, 0.2) is 18.2 Å². The summed E-state index contributed by atoms with van der Waals surface area (Å²) in [5.41, 5.74) is 0.892. The van der Waals surface area contributed by atoms with Crippen molar-refractivity contribution in [2.75, 3.05) is 5.32 Å². The maximum Gasteiger partial charge on any atom is 0.146 e. The van der Waals surface area contributed by atoms with Gasteiger partial charge in [-0.15, -0.1) is 0 Å². The zero-order valence-electron chi connectivity index (χ0n) is 9.21. The van der Waals surface area contributed by atoms with E-state index >= 15 is 0 Å². The number of benzene rings is 1. The lowest BCUT2D eigenvalue weighted by molar-refractivity contribution is 0.0955. The average Bonchev–Trinajstić information content (AvgIpc) is 2.44. The Kier molecular flexibility index (Phi) is 2.23. The van der Waals surface area contributed by atoms with Gasteiger partial charge in [0.15, 0.2) is 0 Å². The summed E-state index contributed by atoms with van der Waals surface area (Å²) < 4.78 is 13.5. The summed E-state index contributed by atoms with van der Waals surface area (Å²) in [7, 11) is 0. The monoisotopic (exact) mass is 209 g/mol. The van der Waals surface area contributed by atoms with Gasteiger partial charge in [0.05, 0.1) is 5.69 Å². The second-order valence-electron chi connectivity index (χ2n) is 4.65. The van der Waals surface area contributed by atoms with Crippen LogP contribution in [0, 0.1) is 11.7 Å². The SMILES string of the molecule is CC(C)[C@]1(C)c2cccc(F)c2NC1O. The highest BCUT2D eigenvalue weighted by Crippen LogP contribution is 2.45. The van der Waals surface area contributed by atoms with Gasteiger partial charge in [0.2, 0.25) is 0 Å². The summed E-state index contributed by atoms with van der Waals surface area (Å²) in [6, 6.07) is 4.97. The Hall–Kier alpha value is -1.09. The molecule has 2 rings (SSSR count). The minimum Gasteiger partial charge on any atom is -0.373 e. The maximum atomic E-state index is 13.5. The van der Waals surface area contributed by atoms with Crippen LogP contribution in [-0.4, -0.2) is 11.3 Å². The van der Waals surface area contributed by atoms with E-state index in [1.807, 2.05) is 26.8 Å². The van der Waals surface area contributed by atoms with E-state index in [0.717, 1.165) is 5.56 Å². The van der Waals surface area contributed by atoms with Crippen molar-refractivity contribution in [3.8, 4) is 0 Å². The lowest BCUT2D eigenvalue weighted by atomic mass is 9.74. The van der Waals surface area contributed by atoms with Crippen LogP contribution in [0.3, 0.4) is 0 Å². The van der Waals surface area contributed by atoms with Crippen LogP contribution < -0.4 is 5.32 Å². The third kappa shape index (κ3) is 1.26. The van der Waals surface area contributed by atoms with Gasteiger partial charge in [-0.3, -0.25) is 0 Å². The van der Waals surface area contributed by atoms with Crippen molar-refractivity contribution in [2.24, 2.45) is 5.92 Å². The molecule has 1 heterocycles. The van der Waals surface area contributed by atoms with Gasteiger partial charge >= 0.3 is 0 Å². The molecule has 2 nitrogen and oxygen atoms in total. The molecule has 3 heteroatoms. The van der Waals surface area contributed by atoms with Crippen molar-refractivity contribution in [1.29, 1.82) is 0 Å². The number of aliphatic hydroxyl groups excluding tert-OH is 1. The standard InChI is InChI=1S/C12H16FNO/c1-7(2)12(3)8-5-4-6-9(13)10(8)14-11(12)15/h4-7,11,14-15H,1-3H3/t11?,12-/m1/s1. The highest BCUT2D eigenvalue weighted by Gasteiger charge is 2.45. The average molecular weight is 209 g/mol. The first-order chi connectivity index (χ1) is 6.98. The largest absolute Gasteiger partial charge is 0.373 e. The Morgan fingerprint density at radius 2 is 2.13 bits per heavy atom. The summed E-state index contributed by atoms with van der Waals surface area (Å²) in [5, 5.41) is 12.8. The van der Waals surface area contributed by atoms with Gasteiger partial charge in [0.25, 0.3) is 0 Å². The third-order valence-corrected chi connectivity index (χ3v) is 3.64. The lowest BCUT2D eigenvalue weighted by Crippen LogP contribution is -2.40. The van der Waals surface area contributed by atoms with E-state index < -0.39 is 11.6 Å². The molecule has 2 atom stereocenters. The maximum absolute atomic E-state index is 13.5. The number of para-hydroxylation sites is 1. The van der Waals surface area contributed by atoms with Crippen LogP contribution in [0.2, 0.25) is 0 Å². The van der Waals surface area contributed by atoms with Crippen LogP contribution >= 0.6 is 0 Å². The first-order valence-corrected chi connectivity index (χ1v) is 5.21. The smallest absolute Gasteiger partial charge is 0.146 e. The van der Waals surface area contributed by atoms with Gasteiger partial charge in [-0.25, -0.2) is 4.39 Å². The quantitative estimate of drug-likeness (QED) is 0.744. The van der Waals surface area contributed by atoms with Crippen LogP contribution in [0.4, 0.5) is 10.1 Å². The first kappa shape index (κ1) is 10.4. The number of anilines is 1. The molecule has 1 aromatic carbocycles. The Balaban J connectivity index is 2.60. The van der Waals surface area contributed by atoms with Crippen LogP contribution in [0.25, 0.3) is 0 Å². The van der Waals surface area contributed by atoms with E-state index in [9.17, 15) is 9.50 Å². The normalized spacial score (nSPS) is 29.1. The Bertz CT molecular complexity index is 391. The van der Waals surface area contributed by atoms with Gasteiger partial charge in [0, 0.05) is 5.41 Å². The second kappa shape index (κ2) is 3.20. The van der Waals surface area contributed by atoms with Gasteiger partial charge < -0.3 is 10.4 Å². The number of rotatable bonds is 1. The van der Waals surface area contributed by atoms with E-state index in [-0.39, 0.29) is 11.7 Å². The highest BCUT2D eigenvalue weighted by atomic mass is 19.1. The molecule has 0 saturated heterocycles. The lowest BCUT2D eigenvalue weighted by Gasteiger charge is -2.32. The molecule has 1 aliphatic rings. The fraction of sp³-hybridized carbons (Fsp3) is 0.500. The summed E-state index contributed by atoms with van der Waals surface area (Å²) in [6.45, 7) is 6.02. The molecule has 2 N–H and O–H groups in total. The van der Waals surface area contributed by atoms with Crippen LogP contribution in [-0.2, 0) is 5.41 Å². The number of nitrogens with one attached hydrogen (secondary N) is 1. The Morgan fingerprint density at radius 1 is 1.47 bits per heavy atom. The molecule has 0 aliphatic carbocycles. The molecular weight excluding hydrogens is 193 g/mol. The Labute approximate surface area is 89.1 Å². The van der Waals surface area contributed by atoms with E-state index in [1.54, 1.807) is 6.07 Å². The number of halogens is 1. The van der Waals surface area contributed by atoms with Crippen molar-refractivity contribution < 1.29 is 9.50 Å². The molecule has 0 bridgehead atoms. The minimum atomic E-state index is -0.718. The number of fused-ring (bicyclic) bond motifs is 1. The molecule has 0 amide bonds.